The number of hydrogen-bond acceptors (Lipinski definition) is 3. The Morgan fingerprint density at radius 1 is 1.50 bits per heavy atom. The van der Waals surface area contributed by atoms with E-state index in [-0.39, 0.29) is 11.7 Å². The van der Waals surface area contributed by atoms with Crippen LogP contribution in [0.4, 0.5) is 0 Å². The van der Waals surface area contributed by atoms with Gasteiger partial charge in [-0.2, -0.15) is 0 Å². The molecule has 4 heteroatoms. The van der Waals surface area contributed by atoms with Crippen LogP contribution in [0, 0.1) is 5.92 Å². The van der Waals surface area contributed by atoms with E-state index in [1.54, 1.807) is 12.1 Å². The van der Waals surface area contributed by atoms with Gasteiger partial charge in [-0.05, 0) is 18.2 Å². The lowest BCUT2D eigenvalue weighted by atomic mass is 9.86. The van der Waals surface area contributed by atoms with E-state index >= 15 is 0 Å². The van der Waals surface area contributed by atoms with Crippen LogP contribution in [-0.4, -0.2) is 21.8 Å². The van der Waals surface area contributed by atoms with Gasteiger partial charge in [0.05, 0.1) is 0 Å². The van der Waals surface area contributed by atoms with Crippen molar-refractivity contribution in [3.05, 3.63) is 23.8 Å². The van der Waals surface area contributed by atoms with Gasteiger partial charge in [-0.25, -0.2) is 4.79 Å². The Balaban J connectivity index is 2.42. The summed E-state index contributed by atoms with van der Waals surface area (Å²) in [5.74, 6) is -0.418. The maximum atomic E-state index is 11.3. The number of aliphatic carboxylic acids is 1. The van der Waals surface area contributed by atoms with Gasteiger partial charge < -0.3 is 14.9 Å². The van der Waals surface area contributed by atoms with Gasteiger partial charge in [0.2, 0.25) is 5.60 Å². The maximum Gasteiger partial charge on any atom is 0.348 e. The van der Waals surface area contributed by atoms with Crippen LogP contribution in [-0.2, 0) is 11.2 Å². The van der Waals surface area contributed by atoms with Crippen LogP contribution in [0.15, 0.2) is 18.2 Å². The van der Waals surface area contributed by atoms with Crippen LogP contribution in [0.3, 0.4) is 0 Å². The second kappa shape index (κ2) is 3.40. The summed E-state index contributed by atoms with van der Waals surface area (Å²) >= 11 is 0. The Hall–Kier alpha value is -1.71. The molecular formula is C12H14O4. The Labute approximate surface area is 93.5 Å². The summed E-state index contributed by atoms with van der Waals surface area (Å²) in [5, 5.41) is 18.6. The highest BCUT2D eigenvalue weighted by Gasteiger charge is 2.49. The standard InChI is InChI=1S/C12H14O4/c1-7(2)12(11(14)15)6-8-5-9(13)3-4-10(8)16-12/h3-5,7,13H,6H2,1-2H3,(H,14,15). The molecule has 16 heavy (non-hydrogen) atoms. The highest BCUT2D eigenvalue weighted by Crippen LogP contribution is 2.40. The molecule has 0 saturated heterocycles. The van der Waals surface area contributed by atoms with Gasteiger partial charge in [0, 0.05) is 17.9 Å². The normalized spacial score (nSPS) is 22.9. The average molecular weight is 222 g/mol. The average Bonchev–Trinajstić information content (AvgIpc) is 2.57. The van der Waals surface area contributed by atoms with E-state index in [2.05, 4.69) is 0 Å². The fourth-order valence-electron chi connectivity index (χ4n) is 2.01. The summed E-state index contributed by atoms with van der Waals surface area (Å²) in [6.45, 7) is 3.64. The fraction of sp³-hybridized carbons (Fsp3) is 0.417. The highest BCUT2D eigenvalue weighted by molar-refractivity contribution is 5.80. The molecule has 1 aliphatic rings. The predicted molar refractivity (Wildman–Crippen MR) is 57.6 cm³/mol. The summed E-state index contributed by atoms with van der Waals surface area (Å²) in [4.78, 5) is 11.3. The minimum atomic E-state index is -1.20. The van der Waals surface area contributed by atoms with Gasteiger partial charge in [-0.1, -0.05) is 13.8 Å². The number of carboxylic acids is 1. The summed E-state index contributed by atoms with van der Waals surface area (Å²) < 4.78 is 5.56. The number of hydrogen-bond donors (Lipinski definition) is 2. The largest absolute Gasteiger partial charge is 0.508 e. The molecule has 1 unspecified atom stereocenters. The minimum Gasteiger partial charge on any atom is -0.508 e. The summed E-state index contributed by atoms with van der Waals surface area (Å²) in [5.41, 5.74) is -0.452. The van der Waals surface area contributed by atoms with E-state index in [0.717, 1.165) is 5.56 Å². The van der Waals surface area contributed by atoms with Crippen molar-refractivity contribution < 1.29 is 19.7 Å². The van der Waals surface area contributed by atoms with Gasteiger partial charge in [0.25, 0.3) is 0 Å². The molecule has 0 spiro atoms. The molecule has 0 aromatic heterocycles. The summed E-state index contributed by atoms with van der Waals surface area (Å²) in [6.07, 6.45) is 0.295. The second-order valence-electron chi connectivity index (χ2n) is 4.42. The van der Waals surface area contributed by atoms with E-state index in [1.807, 2.05) is 13.8 Å². The zero-order chi connectivity index (χ0) is 11.9. The molecule has 0 fully saturated rings. The number of phenolic OH excluding ortho intramolecular Hbond substituents is 1. The molecule has 1 atom stereocenters. The van der Waals surface area contributed by atoms with E-state index in [0.29, 0.717) is 12.2 Å². The van der Waals surface area contributed by atoms with Crippen molar-refractivity contribution in [1.82, 2.24) is 0 Å². The SMILES string of the molecule is CC(C)C1(C(=O)O)Cc2cc(O)ccc2O1. The van der Waals surface area contributed by atoms with Gasteiger partial charge in [-0.15, -0.1) is 0 Å². The van der Waals surface area contributed by atoms with E-state index in [4.69, 9.17) is 4.74 Å². The molecule has 0 radical (unpaired) electrons. The number of fused-ring (bicyclic) bond motifs is 1. The third-order valence-corrected chi connectivity index (χ3v) is 3.08. The zero-order valence-electron chi connectivity index (χ0n) is 9.23. The molecule has 86 valence electrons. The number of benzene rings is 1. The predicted octanol–water partition coefficient (Wildman–Crippen LogP) is 1.81. The lowest BCUT2D eigenvalue weighted by molar-refractivity contribution is -0.157. The molecule has 0 amide bonds. The summed E-state index contributed by atoms with van der Waals surface area (Å²) in [7, 11) is 0. The van der Waals surface area contributed by atoms with Crippen LogP contribution in [0.1, 0.15) is 19.4 Å². The first-order chi connectivity index (χ1) is 7.45. The molecule has 2 rings (SSSR count). The van der Waals surface area contributed by atoms with Crippen molar-refractivity contribution in [2.45, 2.75) is 25.9 Å². The number of rotatable bonds is 2. The van der Waals surface area contributed by atoms with Gasteiger partial charge in [0.15, 0.2) is 0 Å². The number of ether oxygens (including phenoxy) is 1. The maximum absolute atomic E-state index is 11.3. The van der Waals surface area contributed by atoms with Crippen molar-refractivity contribution in [2.75, 3.05) is 0 Å². The van der Waals surface area contributed by atoms with Crippen LogP contribution in [0.2, 0.25) is 0 Å². The van der Waals surface area contributed by atoms with Gasteiger partial charge in [0.1, 0.15) is 11.5 Å². The lowest BCUT2D eigenvalue weighted by Gasteiger charge is -2.27. The van der Waals surface area contributed by atoms with Crippen molar-refractivity contribution in [3.8, 4) is 11.5 Å². The Bertz CT molecular complexity index is 439. The Morgan fingerprint density at radius 3 is 2.75 bits per heavy atom. The van der Waals surface area contributed by atoms with E-state index in [1.165, 1.54) is 6.07 Å². The quantitative estimate of drug-likeness (QED) is 0.800. The molecule has 0 saturated carbocycles. The van der Waals surface area contributed by atoms with Crippen molar-refractivity contribution >= 4 is 5.97 Å². The van der Waals surface area contributed by atoms with Crippen molar-refractivity contribution in [2.24, 2.45) is 5.92 Å². The number of phenols is 1. The first-order valence-corrected chi connectivity index (χ1v) is 5.20. The van der Waals surface area contributed by atoms with Crippen LogP contribution in [0.5, 0.6) is 11.5 Å². The van der Waals surface area contributed by atoms with Crippen LogP contribution in [0.25, 0.3) is 0 Å². The molecular weight excluding hydrogens is 208 g/mol. The third kappa shape index (κ3) is 1.41. The molecule has 4 nitrogen and oxygen atoms in total. The minimum absolute atomic E-state index is 0.132. The van der Waals surface area contributed by atoms with E-state index in [9.17, 15) is 15.0 Å². The second-order valence-corrected chi connectivity index (χ2v) is 4.42. The highest BCUT2D eigenvalue weighted by atomic mass is 16.5. The monoisotopic (exact) mass is 222 g/mol. The zero-order valence-corrected chi connectivity index (χ0v) is 9.23. The van der Waals surface area contributed by atoms with Crippen molar-refractivity contribution in [1.29, 1.82) is 0 Å². The van der Waals surface area contributed by atoms with Crippen LogP contribution >= 0.6 is 0 Å². The Kier molecular flexibility index (Phi) is 2.30. The molecule has 1 aliphatic heterocycles. The topological polar surface area (TPSA) is 66.8 Å². The van der Waals surface area contributed by atoms with Crippen molar-refractivity contribution in [3.63, 3.8) is 0 Å². The number of aromatic hydroxyl groups is 1. The molecule has 2 N–H and O–H groups in total. The number of carboxylic acid groups (broad SMARTS) is 1. The smallest absolute Gasteiger partial charge is 0.348 e. The molecule has 1 aromatic rings. The van der Waals surface area contributed by atoms with Crippen LogP contribution < -0.4 is 4.74 Å². The number of carbonyl (C=O) groups is 1. The lowest BCUT2D eigenvalue weighted by Crippen LogP contribution is -2.48. The molecule has 0 aliphatic carbocycles. The Morgan fingerprint density at radius 2 is 2.19 bits per heavy atom. The molecule has 1 aromatic carbocycles. The first-order valence-electron chi connectivity index (χ1n) is 5.20. The fourth-order valence-corrected chi connectivity index (χ4v) is 2.01. The third-order valence-electron chi connectivity index (χ3n) is 3.08. The molecule has 0 bridgehead atoms. The van der Waals surface area contributed by atoms with E-state index < -0.39 is 11.6 Å². The van der Waals surface area contributed by atoms with Gasteiger partial charge >= 0.3 is 5.97 Å². The van der Waals surface area contributed by atoms with Gasteiger partial charge in [-0.3, -0.25) is 0 Å². The summed E-state index contributed by atoms with van der Waals surface area (Å²) in [6, 6.07) is 4.66. The first kappa shape index (κ1) is 10.8. The molecule has 1 heterocycles.